The second-order valence-electron chi connectivity index (χ2n) is 9.90. The smallest absolute Gasteiger partial charge is 0.273 e. The van der Waals surface area contributed by atoms with E-state index in [-0.39, 0.29) is 35.0 Å². The lowest BCUT2D eigenvalue weighted by molar-refractivity contribution is -0.385. The summed E-state index contributed by atoms with van der Waals surface area (Å²) in [5, 5.41) is 14.5. The molecule has 11 nitrogen and oxygen atoms in total. The van der Waals surface area contributed by atoms with Crippen molar-refractivity contribution in [2.75, 3.05) is 24.5 Å². The van der Waals surface area contributed by atoms with Crippen molar-refractivity contribution in [2.24, 2.45) is 0 Å². The number of hydrogen-bond donors (Lipinski definition) is 1. The topological polar surface area (TPSA) is 139 Å². The number of ether oxygens (including phenoxy) is 1. The van der Waals surface area contributed by atoms with Gasteiger partial charge < -0.3 is 15.0 Å². The highest BCUT2D eigenvalue weighted by atomic mass is 35.5. The Labute approximate surface area is 260 Å². The molecule has 1 unspecified atom stereocenters. The van der Waals surface area contributed by atoms with Crippen LogP contribution in [-0.2, 0) is 26.2 Å². The molecule has 0 radical (unpaired) electrons. The minimum atomic E-state index is -4.66. The van der Waals surface area contributed by atoms with Gasteiger partial charge in [0.1, 0.15) is 24.2 Å². The second kappa shape index (κ2) is 15.0. The van der Waals surface area contributed by atoms with Gasteiger partial charge in [0, 0.05) is 29.7 Å². The summed E-state index contributed by atoms with van der Waals surface area (Å²) in [6.45, 7) is 4.46. The number of nitro groups is 1. The molecule has 0 saturated carbocycles. The molecule has 0 aliphatic carbocycles. The first kappa shape index (κ1) is 34.3. The molecule has 44 heavy (non-hydrogen) atoms. The number of hydrogen-bond acceptors (Lipinski definition) is 7. The molecule has 1 atom stereocenters. The zero-order valence-corrected chi connectivity index (χ0v) is 26.3. The highest BCUT2D eigenvalue weighted by molar-refractivity contribution is 7.92. The summed E-state index contributed by atoms with van der Waals surface area (Å²) in [7, 11) is -3.35. The van der Waals surface area contributed by atoms with E-state index in [1.807, 2.05) is 6.92 Å². The molecule has 0 fully saturated rings. The molecule has 3 aromatic carbocycles. The van der Waals surface area contributed by atoms with E-state index >= 15 is 0 Å². The molecule has 2 amide bonds. The number of benzene rings is 3. The monoisotopic (exact) mass is 648 g/mol. The Morgan fingerprint density at radius 2 is 1.77 bits per heavy atom. The third kappa shape index (κ3) is 8.03. The Bertz CT molecular complexity index is 1620. The summed E-state index contributed by atoms with van der Waals surface area (Å²) in [5.74, 6) is -1.63. The predicted octanol–water partition coefficient (Wildman–Crippen LogP) is 5.23. The van der Waals surface area contributed by atoms with Crippen LogP contribution >= 0.6 is 11.6 Å². The van der Waals surface area contributed by atoms with E-state index in [4.69, 9.17) is 16.3 Å². The average molecular weight is 649 g/mol. The van der Waals surface area contributed by atoms with Crippen molar-refractivity contribution in [1.82, 2.24) is 10.2 Å². The average Bonchev–Trinajstić information content (AvgIpc) is 2.99. The van der Waals surface area contributed by atoms with Crippen LogP contribution in [0.3, 0.4) is 0 Å². The number of nitro benzene ring substituents is 1. The fraction of sp³-hybridized carbons (Fsp3) is 0.333. The van der Waals surface area contributed by atoms with Crippen LogP contribution in [0.25, 0.3) is 0 Å². The lowest BCUT2D eigenvalue weighted by atomic mass is 10.1. The van der Waals surface area contributed by atoms with Gasteiger partial charge in [-0.3, -0.25) is 24.0 Å². The van der Waals surface area contributed by atoms with Crippen molar-refractivity contribution in [1.29, 1.82) is 0 Å². The summed E-state index contributed by atoms with van der Waals surface area (Å²) >= 11 is 6.24. The van der Waals surface area contributed by atoms with E-state index in [0.29, 0.717) is 18.5 Å². The van der Waals surface area contributed by atoms with Gasteiger partial charge >= 0.3 is 0 Å². The molecule has 0 heterocycles. The Balaban J connectivity index is 2.18. The van der Waals surface area contributed by atoms with Crippen LogP contribution in [0.15, 0.2) is 65.6 Å². The fourth-order valence-corrected chi connectivity index (χ4v) is 6.12. The zero-order chi connectivity index (χ0) is 32.6. The number of nitrogens with one attached hydrogen (secondary N) is 1. The first-order valence-corrected chi connectivity index (χ1v) is 15.6. The summed E-state index contributed by atoms with van der Waals surface area (Å²) in [5.41, 5.74) is 0.227. The minimum absolute atomic E-state index is 0.0604. The number of aryl methyl sites for hydroxylation is 1. The Morgan fingerprint density at radius 1 is 1.09 bits per heavy atom. The molecule has 0 bridgehead atoms. The molecule has 14 heteroatoms. The van der Waals surface area contributed by atoms with E-state index < -0.39 is 55.7 Å². The number of carbonyl (C=O) groups is 2. The van der Waals surface area contributed by atoms with Crippen LogP contribution in [0.4, 0.5) is 15.8 Å². The molecular weight excluding hydrogens is 615 g/mol. The van der Waals surface area contributed by atoms with Crippen molar-refractivity contribution >= 4 is 44.8 Å². The van der Waals surface area contributed by atoms with Gasteiger partial charge in [-0.15, -0.1) is 0 Å². The number of carbonyl (C=O) groups excluding carboxylic acids is 2. The quantitative estimate of drug-likeness (QED) is 0.186. The van der Waals surface area contributed by atoms with Crippen molar-refractivity contribution in [3.8, 4) is 5.75 Å². The van der Waals surface area contributed by atoms with Gasteiger partial charge in [-0.05, 0) is 61.7 Å². The van der Waals surface area contributed by atoms with Crippen molar-refractivity contribution in [3.05, 3.63) is 92.7 Å². The maximum atomic E-state index is 14.2. The van der Waals surface area contributed by atoms with Gasteiger partial charge in [0.15, 0.2) is 0 Å². The standard InChI is InChI=1S/C30H34ClFN4O7S/c1-5-15-33-30(38)25(6-2)34(18-21-8-11-23(32)12-9-21)29(37)19-35(27-16-22(31)10-14-28(27)43-4)44(41,42)24-13-7-20(3)26(17-24)36(39)40/h7-14,16-17,25H,5-6,15,18-19H2,1-4H3,(H,33,38). The molecule has 236 valence electrons. The number of anilines is 1. The molecule has 1 N–H and O–H groups in total. The Morgan fingerprint density at radius 3 is 2.36 bits per heavy atom. The van der Waals surface area contributed by atoms with E-state index in [1.54, 1.807) is 6.92 Å². The molecular formula is C30H34ClFN4O7S. The van der Waals surface area contributed by atoms with Crippen LogP contribution in [0, 0.1) is 22.9 Å². The highest BCUT2D eigenvalue weighted by Crippen LogP contribution is 2.36. The third-order valence-electron chi connectivity index (χ3n) is 6.86. The van der Waals surface area contributed by atoms with Crippen LogP contribution in [0.2, 0.25) is 5.02 Å². The number of methoxy groups -OCH3 is 1. The largest absolute Gasteiger partial charge is 0.495 e. The van der Waals surface area contributed by atoms with Gasteiger partial charge in [-0.2, -0.15) is 0 Å². The molecule has 3 aromatic rings. The number of rotatable bonds is 14. The molecule has 0 aliphatic rings. The molecule has 3 rings (SSSR count). The molecule has 0 aliphatic heterocycles. The van der Waals surface area contributed by atoms with Crippen molar-refractivity contribution < 1.29 is 32.1 Å². The minimum Gasteiger partial charge on any atom is -0.495 e. The summed E-state index contributed by atoms with van der Waals surface area (Å²) in [6, 6.07) is 12.0. The molecule has 0 aromatic heterocycles. The maximum Gasteiger partial charge on any atom is 0.273 e. The van der Waals surface area contributed by atoms with E-state index in [9.17, 15) is 32.5 Å². The number of amides is 2. The van der Waals surface area contributed by atoms with Crippen LogP contribution in [0.1, 0.15) is 37.8 Å². The van der Waals surface area contributed by atoms with Gasteiger partial charge in [0.25, 0.3) is 15.7 Å². The number of sulfonamides is 1. The SMILES string of the molecule is CCCNC(=O)C(CC)N(Cc1ccc(F)cc1)C(=O)CN(c1cc(Cl)ccc1OC)S(=O)(=O)c1ccc(C)c([N+](=O)[O-])c1. The van der Waals surface area contributed by atoms with Crippen LogP contribution in [-0.4, -0.2) is 56.3 Å². The first-order chi connectivity index (χ1) is 20.8. The van der Waals surface area contributed by atoms with E-state index in [0.717, 1.165) is 10.4 Å². The summed E-state index contributed by atoms with van der Waals surface area (Å²) < 4.78 is 48.2. The van der Waals surface area contributed by atoms with Crippen LogP contribution < -0.4 is 14.4 Å². The van der Waals surface area contributed by atoms with E-state index in [1.165, 1.54) is 73.5 Å². The van der Waals surface area contributed by atoms with Crippen molar-refractivity contribution in [2.45, 2.75) is 51.1 Å². The fourth-order valence-electron chi connectivity index (χ4n) is 4.52. The Kier molecular flexibility index (Phi) is 11.7. The normalized spacial score (nSPS) is 11.9. The zero-order valence-electron chi connectivity index (χ0n) is 24.7. The first-order valence-electron chi connectivity index (χ1n) is 13.8. The second-order valence-corrected chi connectivity index (χ2v) is 12.2. The molecule has 0 spiro atoms. The maximum absolute atomic E-state index is 14.2. The highest BCUT2D eigenvalue weighted by Gasteiger charge is 2.35. The lowest BCUT2D eigenvalue weighted by Gasteiger charge is -2.33. The van der Waals surface area contributed by atoms with E-state index in [2.05, 4.69) is 5.32 Å². The summed E-state index contributed by atoms with van der Waals surface area (Å²) in [6.07, 6.45) is 0.844. The number of halogens is 2. The van der Waals surface area contributed by atoms with Crippen LogP contribution in [0.5, 0.6) is 5.75 Å². The molecule has 0 saturated heterocycles. The number of nitrogens with zero attached hydrogens (tertiary/aromatic N) is 3. The van der Waals surface area contributed by atoms with Gasteiger partial charge in [0.05, 0.1) is 22.6 Å². The van der Waals surface area contributed by atoms with Crippen molar-refractivity contribution in [3.63, 3.8) is 0 Å². The van der Waals surface area contributed by atoms with Gasteiger partial charge in [-0.25, -0.2) is 12.8 Å². The Hall–Kier alpha value is -4.23. The summed E-state index contributed by atoms with van der Waals surface area (Å²) in [4.78, 5) is 39.1. The predicted molar refractivity (Wildman–Crippen MR) is 165 cm³/mol. The van der Waals surface area contributed by atoms with Gasteiger partial charge in [-0.1, -0.05) is 43.6 Å². The lowest BCUT2D eigenvalue weighted by Crippen LogP contribution is -2.52. The van der Waals surface area contributed by atoms with Gasteiger partial charge in [0.2, 0.25) is 11.8 Å². The third-order valence-corrected chi connectivity index (χ3v) is 8.85.